The Balaban J connectivity index is 1.97. The molecule has 1 N–H and O–H groups in total. The molecule has 1 unspecified atom stereocenters. The maximum atomic E-state index is 11.4. The Morgan fingerprint density at radius 2 is 2.21 bits per heavy atom. The minimum atomic E-state index is -0.280. The van der Waals surface area contributed by atoms with Gasteiger partial charge in [0.2, 0.25) is 0 Å². The van der Waals surface area contributed by atoms with Crippen molar-refractivity contribution in [3.8, 4) is 0 Å². The standard InChI is InChI=1S/C16H23NO2/c1-11-9-14(16(18)19-3)7-8-15(11)17-12(2)10-13-5-4-6-13/h7-9,12-13,17H,4-6,10H2,1-3H3. The zero-order valence-electron chi connectivity index (χ0n) is 12.0. The highest BCUT2D eigenvalue weighted by molar-refractivity contribution is 5.90. The van der Waals surface area contributed by atoms with E-state index in [0.29, 0.717) is 11.6 Å². The second-order valence-corrected chi connectivity index (χ2v) is 5.60. The van der Waals surface area contributed by atoms with Crippen molar-refractivity contribution >= 4 is 11.7 Å². The molecular formula is C16H23NO2. The quantitative estimate of drug-likeness (QED) is 0.820. The molecule has 1 aliphatic rings. The van der Waals surface area contributed by atoms with Crippen molar-refractivity contribution in [3.63, 3.8) is 0 Å². The molecule has 0 aromatic heterocycles. The molecule has 0 saturated heterocycles. The molecule has 1 aromatic carbocycles. The van der Waals surface area contributed by atoms with Gasteiger partial charge in [0, 0.05) is 11.7 Å². The van der Waals surface area contributed by atoms with Crippen LogP contribution in [0.1, 0.15) is 48.5 Å². The Morgan fingerprint density at radius 3 is 2.74 bits per heavy atom. The lowest BCUT2D eigenvalue weighted by Gasteiger charge is -2.29. The van der Waals surface area contributed by atoms with Crippen LogP contribution in [-0.4, -0.2) is 19.1 Å². The van der Waals surface area contributed by atoms with E-state index in [1.165, 1.54) is 32.8 Å². The first kappa shape index (κ1) is 13.9. The van der Waals surface area contributed by atoms with Gasteiger partial charge in [-0.2, -0.15) is 0 Å². The fraction of sp³-hybridized carbons (Fsp3) is 0.562. The van der Waals surface area contributed by atoms with E-state index >= 15 is 0 Å². The largest absolute Gasteiger partial charge is 0.465 e. The summed E-state index contributed by atoms with van der Waals surface area (Å²) in [6, 6.07) is 6.15. The summed E-state index contributed by atoms with van der Waals surface area (Å²) < 4.78 is 4.73. The van der Waals surface area contributed by atoms with Gasteiger partial charge in [0.25, 0.3) is 0 Å². The average molecular weight is 261 g/mol. The molecule has 1 atom stereocenters. The zero-order valence-corrected chi connectivity index (χ0v) is 12.0. The van der Waals surface area contributed by atoms with E-state index in [0.717, 1.165) is 17.2 Å². The predicted molar refractivity (Wildman–Crippen MR) is 77.6 cm³/mol. The van der Waals surface area contributed by atoms with Crippen LogP contribution >= 0.6 is 0 Å². The third kappa shape index (κ3) is 3.49. The SMILES string of the molecule is COC(=O)c1ccc(NC(C)CC2CCC2)c(C)c1. The summed E-state index contributed by atoms with van der Waals surface area (Å²) in [5.74, 6) is 0.620. The van der Waals surface area contributed by atoms with E-state index < -0.39 is 0 Å². The molecule has 1 saturated carbocycles. The lowest BCUT2D eigenvalue weighted by atomic mass is 9.81. The second-order valence-electron chi connectivity index (χ2n) is 5.60. The number of hydrogen-bond acceptors (Lipinski definition) is 3. The Bertz CT molecular complexity index is 452. The van der Waals surface area contributed by atoms with Crippen LogP contribution in [-0.2, 0) is 4.74 Å². The molecule has 0 amide bonds. The van der Waals surface area contributed by atoms with Crippen molar-refractivity contribution in [2.75, 3.05) is 12.4 Å². The van der Waals surface area contributed by atoms with Gasteiger partial charge in [0.15, 0.2) is 0 Å². The number of hydrogen-bond donors (Lipinski definition) is 1. The number of aryl methyl sites for hydroxylation is 1. The molecule has 1 aromatic rings. The lowest BCUT2D eigenvalue weighted by molar-refractivity contribution is 0.0600. The summed E-state index contributed by atoms with van der Waals surface area (Å²) in [6.45, 7) is 4.25. The van der Waals surface area contributed by atoms with Crippen LogP contribution in [0, 0.1) is 12.8 Å². The lowest BCUT2D eigenvalue weighted by Crippen LogP contribution is -2.23. The molecule has 2 rings (SSSR count). The molecular weight excluding hydrogens is 238 g/mol. The highest BCUT2D eigenvalue weighted by atomic mass is 16.5. The van der Waals surface area contributed by atoms with Crippen LogP contribution in [0.3, 0.4) is 0 Å². The van der Waals surface area contributed by atoms with Crippen LogP contribution in [0.25, 0.3) is 0 Å². The van der Waals surface area contributed by atoms with Crippen molar-refractivity contribution in [2.45, 2.75) is 45.6 Å². The van der Waals surface area contributed by atoms with E-state index in [4.69, 9.17) is 4.74 Å². The first-order valence-corrected chi connectivity index (χ1v) is 7.05. The van der Waals surface area contributed by atoms with E-state index in [1.807, 2.05) is 25.1 Å². The number of esters is 1. The molecule has 0 radical (unpaired) electrons. The van der Waals surface area contributed by atoms with E-state index in [9.17, 15) is 4.79 Å². The van der Waals surface area contributed by atoms with Crippen molar-refractivity contribution in [3.05, 3.63) is 29.3 Å². The number of carbonyl (C=O) groups is 1. The summed E-state index contributed by atoms with van der Waals surface area (Å²) in [5.41, 5.74) is 2.81. The van der Waals surface area contributed by atoms with Crippen molar-refractivity contribution < 1.29 is 9.53 Å². The van der Waals surface area contributed by atoms with Gasteiger partial charge in [0.05, 0.1) is 12.7 Å². The smallest absolute Gasteiger partial charge is 0.337 e. The number of nitrogens with one attached hydrogen (secondary N) is 1. The van der Waals surface area contributed by atoms with Crippen LogP contribution in [0.2, 0.25) is 0 Å². The normalized spacial score (nSPS) is 16.6. The topological polar surface area (TPSA) is 38.3 Å². The van der Waals surface area contributed by atoms with Gasteiger partial charge in [-0.25, -0.2) is 4.79 Å². The summed E-state index contributed by atoms with van der Waals surface area (Å²) in [6.07, 6.45) is 5.39. The average Bonchev–Trinajstić information content (AvgIpc) is 2.35. The minimum absolute atomic E-state index is 0.280. The first-order chi connectivity index (χ1) is 9.10. The number of ether oxygens (including phenoxy) is 1. The Kier molecular flexibility index (Phi) is 4.46. The molecule has 0 bridgehead atoms. The van der Waals surface area contributed by atoms with Gasteiger partial charge in [-0.05, 0) is 49.9 Å². The number of carbonyl (C=O) groups excluding carboxylic acids is 1. The molecule has 0 spiro atoms. The van der Waals surface area contributed by atoms with Crippen LogP contribution in [0.4, 0.5) is 5.69 Å². The van der Waals surface area contributed by atoms with Gasteiger partial charge in [-0.15, -0.1) is 0 Å². The van der Waals surface area contributed by atoms with Gasteiger partial charge < -0.3 is 10.1 Å². The molecule has 0 heterocycles. The minimum Gasteiger partial charge on any atom is -0.465 e. The number of methoxy groups -OCH3 is 1. The fourth-order valence-electron chi connectivity index (χ4n) is 2.62. The van der Waals surface area contributed by atoms with Gasteiger partial charge >= 0.3 is 5.97 Å². The first-order valence-electron chi connectivity index (χ1n) is 7.05. The number of anilines is 1. The Morgan fingerprint density at radius 1 is 1.47 bits per heavy atom. The van der Waals surface area contributed by atoms with E-state index in [1.54, 1.807) is 0 Å². The molecule has 3 nitrogen and oxygen atoms in total. The summed E-state index contributed by atoms with van der Waals surface area (Å²) in [4.78, 5) is 11.4. The van der Waals surface area contributed by atoms with Crippen molar-refractivity contribution in [1.82, 2.24) is 0 Å². The summed E-state index contributed by atoms with van der Waals surface area (Å²) >= 11 is 0. The maximum Gasteiger partial charge on any atom is 0.337 e. The van der Waals surface area contributed by atoms with Gasteiger partial charge in [-0.1, -0.05) is 19.3 Å². The fourth-order valence-corrected chi connectivity index (χ4v) is 2.62. The molecule has 3 heteroatoms. The second kappa shape index (κ2) is 6.09. The highest BCUT2D eigenvalue weighted by Crippen LogP contribution is 2.31. The van der Waals surface area contributed by atoms with Crippen LogP contribution < -0.4 is 5.32 Å². The van der Waals surface area contributed by atoms with Gasteiger partial charge in [0.1, 0.15) is 0 Å². The Labute approximate surface area is 115 Å². The summed E-state index contributed by atoms with van der Waals surface area (Å²) in [5, 5.41) is 3.54. The van der Waals surface area contributed by atoms with Gasteiger partial charge in [-0.3, -0.25) is 0 Å². The molecule has 19 heavy (non-hydrogen) atoms. The molecule has 1 aliphatic carbocycles. The monoisotopic (exact) mass is 261 g/mol. The number of rotatable bonds is 5. The highest BCUT2D eigenvalue weighted by Gasteiger charge is 2.20. The third-order valence-corrected chi connectivity index (χ3v) is 3.96. The number of benzene rings is 1. The van der Waals surface area contributed by atoms with Crippen molar-refractivity contribution in [2.24, 2.45) is 5.92 Å². The van der Waals surface area contributed by atoms with Crippen molar-refractivity contribution in [1.29, 1.82) is 0 Å². The third-order valence-electron chi connectivity index (χ3n) is 3.96. The molecule has 0 aliphatic heterocycles. The van der Waals surface area contributed by atoms with Crippen LogP contribution in [0.15, 0.2) is 18.2 Å². The van der Waals surface area contributed by atoms with Crippen LogP contribution in [0.5, 0.6) is 0 Å². The van der Waals surface area contributed by atoms with E-state index in [-0.39, 0.29) is 5.97 Å². The Hall–Kier alpha value is -1.51. The predicted octanol–water partition coefficient (Wildman–Crippen LogP) is 3.77. The molecule has 1 fully saturated rings. The summed E-state index contributed by atoms with van der Waals surface area (Å²) in [7, 11) is 1.41. The molecule has 104 valence electrons. The zero-order chi connectivity index (χ0) is 13.8. The van der Waals surface area contributed by atoms with E-state index in [2.05, 4.69) is 12.2 Å². The maximum absolute atomic E-state index is 11.4.